The number of piperidine rings is 1. The van der Waals surface area contributed by atoms with E-state index < -0.39 is 0 Å². The van der Waals surface area contributed by atoms with E-state index in [1.807, 2.05) is 34.6 Å². The number of rotatable bonds is 2. The largest absolute Gasteiger partial charge is 0.341 e. The molecule has 0 bridgehead atoms. The molecule has 1 unspecified atom stereocenters. The Morgan fingerprint density at radius 2 is 2.05 bits per heavy atom. The van der Waals surface area contributed by atoms with Crippen LogP contribution in [0, 0.1) is 4.77 Å². The minimum Gasteiger partial charge on any atom is -0.341 e. The fourth-order valence-corrected chi connectivity index (χ4v) is 3.70. The maximum Gasteiger partial charge on any atom is 0.245 e. The smallest absolute Gasteiger partial charge is 0.245 e. The van der Waals surface area contributed by atoms with Gasteiger partial charge in [0.05, 0.1) is 11.0 Å². The van der Waals surface area contributed by atoms with Crippen LogP contribution in [0.3, 0.4) is 0 Å². The highest BCUT2D eigenvalue weighted by Gasteiger charge is 2.25. The van der Waals surface area contributed by atoms with E-state index >= 15 is 0 Å². The van der Waals surface area contributed by atoms with E-state index in [1.165, 1.54) is 6.42 Å². The lowest BCUT2D eigenvalue weighted by Crippen LogP contribution is -2.39. The molecule has 4 nitrogen and oxygen atoms in total. The topological polar surface area (TPSA) is 41.0 Å². The summed E-state index contributed by atoms with van der Waals surface area (Å²) < 4.78 is 3.52. The first-order valence-corrected chi connectivity index (χ1v) is 8.46. The van der Waals surface area contributed by atoms with Gasteiger partial charge in [-0.25, -0.2) is 0 Å². The molecule has 0 saturated carbocycles. The number of aromatic amines is 1. The number of carbonyl (C=O) groups is 1. The van der Waals surface area contributed by atoms with Gasteiger partial charge in [-0.1, -0.05) is 15.9 Å². The highest BCUT2D eigenvalue weighted by Crippen LogP contribution is 2.24. The molecule has 1 aromatic heterocycles. The van der Waals surface area contributed by atoms with Gasteiger partial charge >= 0.3 is 0 Å². The normalized spacial score (nSPS) is 17.1. The summed E-state index contributed by atoms with van der Waals surface area (Å²) in [7, 11) is 0. The molecule has 3 rings (SSSR count). The molecular weight excluding hydrogens is 350 g/mol. The van der Waals surface area contributed by atoms with Crippen LogP contribution in [0.5, 0.6) is 0 Å². The minimum absolute atomic E-state index is 0.162. The first-order valence-electron chi connectivity index (χ1n) is 7.26. The minimum atomic E-state index is -0.273. The number of aromatic nitrogens is 2. The number of halogens is 1. The lowest BCUT2D eigenvalue weighted by atomic mass is 10.1. The van der Waals surface area contributed by atoms with Gasteiger partial charge in [-0.3, -0.25) is 4.79 Å². The van der Waals surface area contributed by atoms with Crippen molar-refractivity contribution < 1.29 is 4.79 Å². The first-order chi connectivity index (χ1) is 10.1. The number of hydrogen-bond acceptors (Lipinski definition) is 2. The van der Waals surface area contributed by atoms with Gasteiger partial charge in [0.2, 0.25) is 5.91 Å². The molecule has 1 atom stereocenters. The van der Waals surface area contributed by atoms with Gasteiger partial charge in [-0.05, 0) is 56.6 Å². The van der Waals surface area contributed by atoms with Crippen molar-refractivity contribution in [3.63, 3.8) is 0 Å². The van der Waals surface area contributed by atoms with Crippen LogP contribution in [-0.2, 0) is 4.79 Å². The van der Waals surface area contributed by atoms with Gasteiger partial charge in [0.25, 0.3) is 0 Å². The number of benzene rings is 1. The third-order valence-corrected chi connectivity index (χ3v) is 4.88. The van der Waals surface area contributed by atoms with E-state index in [9.17, 15) is 4.79 Å². The highest BCUT2D eigenvalue weighted by atomic mass is 79.9. The fourth-order valence-electron chi connectivity index (χ4n) is 2.98. The van der Waals surface area contributed by atoms with Crippen LogP contribution in [0.25, 0.3) is 11.0 Å². The van der Waals surface area contributed by atoms with Crippen LogP contribution in [0.1, 0.15) is 32.2 Å². The Hall–Kier alpha value is -1.14. The van der Waals surface area contributed by atoms with E-state index in [2.05, 4.69) is 20.9 Å². The number of fused-ring (bicyclic) bond motifs is 1. The molecular formula is C15H18BrN3OS. The molecule has 1 amide bonds. The van der Waals surface area contributed by atoms with Crippen LogP contribution < -0.4 is 0 Å². The van der Waals surface area contributed by atoms with Crippen molar-refractivity contribution in [3.05, 3.63) is 27.4 Å². The zero-order valence-corrected chi connectivity index (χ0v) is 14.3. The second-order valence-corrected chi connectivity index (χ2v) is 6.83. The summed E-state index contributed by atoms with van der Waals surface area (Å²) in [5.74, 6) is 0.162. The Morgan fingerprint density at radius 3 is 2.76 bits per heavy atom. The number of hydrogen-bond donors (Lipinski definition) is 1. The molecule has 6 heteroatoms. The maximum atomic E-state index is 12.7. The van der Waals surface area contributed by atoms with Crippen molar-refractivity contribution in [3.8, 4) is 0 Å². The van der Waals surface area contributed by atoms with Crippen molar-refractivity contribution in [2.24, 2.45) is 0 Å². The predicted molar refractivity (Wildman–Crippen MR) is 90.0 cm³/mol. The van der Waals surface area contributed by atoms with E-state index in [0.29, 0.717) is 4.77 Å². The number of nitrogens with zero attached hydrogens (tertiary/aromatic N) is 2. The van der Waals surface area contributed by atoms with Gasteiger partial charge in [0.15, 0.2) is 4.77 Å². The van der Waals surface area contributed by atoms with E-state index in [-0.39, 0.29) is 11.9 Å². The van der Waals surface area contributed by atoms with Crippen molar-refractivity contribution in [1.29, 1.82) is 0 Å². The second kappa shape index (κ2) is 5.93. The average molecular weight is 368 g/mol. The second-order valence-electron chi connectivity index (χ2n) is 5.52. The van der Waals surface area contributed by atoms with Crippen molar-refractivity contribution in [2.45, 2.75) is 32.2 Å². The first kappa shape index (κ1) is 14.8. The van der Waals surface area contributed by atoms with Crippen LogP contribution in [0.4, 0.5) is 0 Å². The molecule has 21 heavy (non-hydrogen) atoms. The molecule has 0 spiro atoms. The molecule has 1 aromatic carbocycles. The molecule has 0 aliphatic carbocycles. The SMILES string of the molecule is CC(C(=O)N1CCCCC1)n1c(=S)[nH]c2cc(Br)ccc21. The molecule has 1 aliphatic rings. The van der Waals surface area contributed by atoms with Gasteiger partial charge in [0.1, 0.15) is 6.04 Å². The zero-order chi connectivity index (χ0) is 15.0. The maximum absolute atomic E-state index is 12.7. The number of H-pyrrole nitrogens is 1. The third-order valence-electron chi connectivity index (χ3n) is 4.09. The number of likely N-dealkylation sites (tertiary alicyclic amines) is 1. The quantitative estimate of drug-likeness (QED) is 0.813. The molecule has 1 aliphatic heterocycles. The summed E-state index contributed by atoms with van der Waals surface area (Å²) in [4.78, 5) is 17.8. The molecule has 112 valence electrons. The van der Waals surface area contributed by atoms with Gasteiger partial charge in [0, 0.05) is 17.6 Å². The van der Waals surface area contributed by atoms with Gasteiger partial charge < -0.3 is 14.5 Å². The average Bonchev–Trinajstić information content (AvgIpc) is 2.81. The van der Waals surface area contributed by atoms with Crippen LogP contribution in [0.2, 0.25) is 0 Å². The third kappa shape index (κ3) is 2.79. The lowest BCUT2D eigenvalue weighted by Gasteiger charge is -2.29. The standard InChI is InChI=1S/C15H18BrN3OS/c1-10(14(20)18-7-3-2-4-8-18)19-13-6-5-11(16)9-12(13)17-15(19)21/h5-6,9-10H,2-4,7-8H2,1H3,(H,17,21). The molecule has 1 N–H and O–H groups in total. The molecule has 1 saturated heterocycles. The summed E-state index contributed by atoms with van der Waals surface area (Å²) in [6, 6.07) is 5.68. The van der Waals surface area contributed by atoms with E-state index in [0.717, 1.165) is 41.4 Å². The number of amides is 1. The Balaban J connectivity index is 1.97. The van der Waals surface area contributed by atoms with Gasteiger partial charge in [-0.2, -0.15) is 0 Å². The predicted octanol–water partition coefficient (Wildman–Crippen LogP) is 4.03. The Kier molecular flexibility index (Phi) is 4.17. The summed E-state index contributed by atoms with van der Waals surface area (Å²) in [6.07, 6.45) is 3.42. The summed E-state index contributed by atoms with van der Waals surface area (Å²) >= 11 is 8.87. The van der Waals surface area contributed by atoms with Crippen molar-refractivity contribution in [2.75, 3.05) is 13.1 Å². The number of nitrogens with one attached hydrogen (secondary N) is 1. The van der Waals surface area contributed by atoms with Crippen molar-refractivity contribution >= 4 is 45.1 Å². The number of imidazole rings is 1. The van der Waals surface area contributed by atoms with Gasteiger partial charge in [-0.15, -0.1) is 0 Å². The van der Waals surface area contributed by atoms with E-state index in [4.69, 9.17) is 12.2 Å². The highest BCUT2D eigenvalue weighted by molar-refractivity contribution is 9.10. The molecule has 2 aromatic rings. The molecule has 2 heterocycles. The zero-order valence-electron chi connectivity index (χ0n) is 11.9. The van der Waals surface area contributed by atoms with Crippen LogP contribution in [-0.4, -0.2) is 33.4 Å². The summed E-state index contributed by atoms with van der Waals surface area (Å²) in [6.45, 7) is 3.66. The van der Waals surface area contributed by atoms with Crippen molar-refractivity contribution in [1.82, 2.24) is 14.5 Å². The Bertz CT molecular complexity index is 730. The van der Waals surface area contributed by atoms with Crippen LogP contribution in [0.15, 0.2) is 22.7 Å². The number of carbonyl (C=O) groups excluding carboxylic acids is 1. The summed E-state index contributed by atoms with van der Waals surface area (Å²) in [5.41, 5.74) is 1.92. The van der Waals surface area contributed by atoms with E-state index in [1.54, 1.807) is 0 Å². The Labute approximate surface area is 137 Å². The summed E-state index contributed by atoms with van der Waals surface area (Å²) in [5, 5.41) is 0. The lowest BCUT2D eigenvalue weighted by molar-refractivity contribution is -0.135. The Morgan fingerprint density at radius 1 is 1.33 bits per heavy atom. The van der Waals surface area contributed by atoms with Crippen LogP contribution >= 0.6 is 28.1 Å². The fraction of sp³-hybridized carbons (Fsp3) is 0.467. The molecule has 1 fully saturated rings. The monoisotopic (exact) mass is 367 g/mol. The molecule has 0 radical (unpaired) electrons.